The van der Waals surface area contributed by atoms with Crippen LogP contribution < -0.4 is 0 Å². The topological polar surface area (TPSA) is 37.9 Å². The summed E-state index contributed by atoms with van der Waals surface area (Å²) in [5.41, 5.74) is 5.60. The van der Waals surface area contributed by atoms with Crippen LogP contribution in [0.3, 0.4) is 0 Å². The number of fused-ring (bicyclic) bond motifs is 1. The molecule has 2 heterocycles. The van der Waals surface area contributed by atoms with Crippen LogP contribution in [0.25, 0.3) is 17.3 Å². The van der Waals surface area contributed by atoms with Crippen LogP contribution in [0, 0.1) is 5.82 Å². The number of allylic oxidation sites excluding steroid dienone is 1. The highest BCUT2D eigenvalue weighted by atomic mass is 35.5. The minimum absolute atomic E-state index is 0.0838. The smallest absolute Gasteiger partial charge is 0.275 e. The van der Waals surface area contributed by atoms with Crippen molar-refractivity contribution in [2.24, 2.45) is 0 Å². The lowest BCUT2D eigenvalue weighted by atomic mass is 10.00. The van der Waals surface area contributed by atoms with E-state index in [1.54, 1.807) is 28.9 Å². The molecule has 3 aromatic carbocycles. The number of halogens is 3. The van der Waals surface area contributed by atoms with Gasteiger partial charge in [0.25, 0.3) is 5.91 Å². The van der Waals surface area contributed by atoms with E-state index >= 15 is 0 Å². The second-order valence-corrected chi connectivity index (χ2v) is 11.0. The molecular formula is C31H26Cl2FN3O. The van der Waals surface area contributed by atoms with Gasteiger partial charge in [0.1, 0.15) is 5.82 Å². The molecule has 1 aromatic heterocycles. The molecule has 2 aliphatic rings. The molecule has 1 amide bonds. The first-order valence-corrected chi connectivity index (χ1v) is 13.5. The zero-order valence-corrected chi connectivity index (χ0v) is 22.4. The van der Waals surface area contributed by atoms with Crippen LogP contribution in [0.4, 0.5) is 4.39 Å². The third-order valence-electron chi connectivity index (χ3n) is 7.56. The van der Waals surface area contributed by atoms with Gasteiger partial charge in [-0.1, -0.05) is 65.7 Å². The van der Waals surface area contributed by atoms with E-state index in [0.717, 1.165) is 53.6 Å². The molecule has 1 aliphatic carbocycles. The molecule has 0 N–H and O–H groups in total. The van der Waals surface area contributed by atoms with E-state index in [9.17, 15) is 9.18 Å². The number of carbonyl (C=O) groups excluding carboxylic acids is 1. The van der Waals surface area contributed by atoms with E-state index in [2.05, 4.69) is 25.1 Å². The van der Waals surface area contributed by atoms with Gasteiger partial charge in [0.2, 0.25) is 0 Å². The molecule has 1 fully saturated rings. The zero-order chi connectivity index (χ0) is 26.4. The number of benzene rings is 3. The van der Waals surface area contributed by atoms with Gasteiger partial charge in [0, 0.05) is 17.1 Å². The maximum atomic E-state index is 14.0. The second-order valence-electron chi connectivity index (χ2n) is 10.1. The number of hydrogen-bond donors (Lipinski definition) is 0. The van der Waals surface area contributed by atoms with Gasteiger partial charge in [-0.15, -0.1) is 0 Å². The number of amides is 1. The minimum atomic E-state index is -0.357. The molecular weight excluding hydrogens is 520 g/mol. The van der Waals surface area contributed by atoms with Crippen molar-refractivity contribution in [1.82, 2.24) is 14.7 Å². The first kappa shape index (κ1) is 24.9. The highest BCUT2D eigenvalue weighted by molar-refractivity contribution is 6.35. The van der Waals surface area contributed by atoms with Gasteiger partial charge in [-0.05, 0) is 85.7 Å². The highest BCUT2D eigenvalue weighted by Gasteiger charge is 2.53. The average molecular weight is 546 g/mol. The van der Waals surface area contributed by atoms with E-state index in [1.807, 2.05) is 29.2 Å². The summed E-state index contributed by atoms with van der Waals surface area (Å²) in [5.74, 6) is -0.362. The third kappa shape index (κ3) is 4.44. The summed E-state index contributed by atoms with van der Waals surface area (Å²) in [5, 5.41) is 5.90. The largest absolute Gasteiger partial charge is 0.323 e. The van der Waals surface area contributed by atoms with Crippen LogP contribution in [-0.4, -0.2) is 27.1 Å². The SMILES string of the molecule is CC1(c2ccccc2)CN1C(=O)c1nn(-c2ccc(Cl)cc2Cl)c2c1CCCC/C2=C\c1ccc(F)cc1. The van der Waals surface area contributed by atoms with Gasteiger partial charge in [0.15, 0.2) is 5.69 Å². The van der Waals surface area contributed by atoms with Gasteiger partial charge < -0.3 is 4.90 Å². The number of nitrogens with zero attached hydrogens (tertiary/aromatic N) is 3. The molecule has 4 nitrogen and oxygen atoms in total. The molecule has 0 saturated carbocycles. The summed E-state index contributed by atoms with van der Waals surface area (Å²) in [6.07, 6.45) is 5.50. The molecule has 1 saturated heterocycles. The lowest BCUT2D eigenvalue weighted by Crippen LogP contribution is -2.21. The molecule has 38 heavy (non-hydrogen) atoms. The normalized spacial score (nSPS) is 19.8. The number of aromatic nitrogens is 2. The van der Waals surface area contributed by atoms with Crippen LogP contribution in [0.2, 0.25) is 10.0 Å². The molecule has 0 bridgehead atoms. The Morgan fingerprint density at radius 2 is 1.74 bits per heavy atom. The van der Waals surface area contributed by atoms with Crippen molar-refractivity contribution >= 4 is 40.8 Å². The lowest BCUT2D eigenvalue weighted by molar-refractivity contribution is 0.0849. The molecule has 0 radical (unpaired) electrons. The molecule has 0 spiro atoms. The predicted molar refractivity (Wildman–Crippen MR) is 150 cm³/mol. The average Bonchev–Trinajstić information content (AvgIpc) is 3.54. The van der Waals surface area contributed by atoms with Crippen molar-refractivity contribution in [3.63, 3.8) is 0 Å². The third-order valence-corrected chi connectivity index (χ3v) is 8.10. The molecule has 7 heteroatoms. The maximum Gasteiger partial charge on any atom is 0.275 e. The fourth-order valence-electron chi connectivity index (χ4n) is 5.39. The van der Waals surface area contributed by atoms with Gasteiger partial charge >= 0.3 is 0 Å². The molecule has 4 aromatic rings. The summed E-state index contributed by atoms with van der Waals surface area (Å²) in [6.45, 7) is 2.73. The van der Waals surface area contributed by atoms with E-state index in [4.69, 9.17) is 28.3 Å². The monoisotopic (exact) mass is 545 g/mol. The van der Waals surface area contributed by atoms with E-state index in [1.165, 1.54) is 12.1 Å². The van der Waals surface area contributed by atoms with Crippen molar-refractivity contribution in [2.45, 2.75) is 38.1 Å². The van der Waals surface area contributed by atoms with Gasteiger partial charge in [0.05, 0.1) is 21.9 Å². The van der Waals surface area contributed by atoms with Crippen molar-refractivity contribution < 1.29 is 9.18 Å². The van der Waals surface area contributed by atoms with Crippen molar-refractivity contribution in [1.29, 1.82) is 0 Å². The first-order valence-electron chi connectivity index (χ1n) is 12.8. The molecule has 1 aliphatic heterocycles. The Labute approximate surface area is 231 Å². The molecule has 6 rings (SSSR count). The summed E-state index contributed by atoms with van der Waals surface area (Å²) in [7, 11) is 0. The number of carbonyl (C=O) groups is 1. The van der Waals surface area contributed by atoms with Crippen LogP contribution in [-0.2, 0) is 12.0 Å². The summed E-state index contributed by atoms with van der Waals surface area (Å²) < 4.78 is 15.4. The Balaban J connectivity index is 1.50. The van der Waals surface area contributed by atoms with E-state index < -0.39 is 0 Å². The van der Waals surface area contributed by atoms with E-state index in [-0.39, 0.29) is 17.3 Å². The highest BCUT2D eigenvalue weighted by Crippen LogP contribution is 2.44. The Hall–Kier alpha value is -3.41. The van der Waals surface area contributed by atoms with Gasteiger partial charge in [-0.2, -0.15) is 5.10 Å². The Morgan fingerprint density at radius 1 is 1.00 bits per heavy atom. The first-order chi connectivity index (χ1) is 18.3. The van der Waals surface area contributed by atoms with Crippen LogP contribution in [0.5, 0.6) is 0 Å². The zero-order valence-electron chi connectivity index (χ0n) is 20.9. The summed E-state index contributed by atoms with van der Waals surface area (Å²) in [6, 6.07) is 21.8. The summed E-state index contributed by atoms with van der Waals surface area (Å²) >= 11 is 12.9. The standard InChI is InChI=1S/C31H26Cl2FN3O/c1-31(22-8-3-2-4-9-22)19-36(31)30(38)28-25-10-6-5-7-21(17-20-11-14-24(34)15-12-20)29(25)37(35-28)27-16-13-23(32)18-26(27)33/h2-4,8-9,11-18H,5-7,10,19H2,1H3/b21-17+. The Kier molecular flexibility index (Phi) is 6.37. The second kappa shape index (κ2) is 9.72. The van der Waals surface area contributed by atoms with Gasteiger partial charge in [-0.3, -0.25) is 4.79 Å². The van der Waals surface area contributed by atoms with Crippen LogP contribution >= 0.6 is 23.2 Å². The fraction of sp³-hybridized carbons (Fsp3) is 0.226. The fourth-order valence-corrected chi connectivity index (χ4v) is 5.88. The molecule has 1 atom stereocenters. The van der Waals surface area contributed by atoms with Crippen LogP contribution in [0.15, 0.2) is 72.8 Å². The van der Waals surface area contributed by atoms with Crippen molar-refractivity contribution in [3.05, 3.63) is 117 Å². The predicted octanol–water partition coefficient (Wildman–Crippen LogP) is 7.96. The van der Waals surface area contributed by atoms with E-state index in [0.29, 0.717) is 28.0 Å². The Bertz CT molecular complexity index is 1560. The maximum absolute atomic E-state index is 14.0. The number of rotatable bonds is 4. The Morgan fingerprint density at radius 3 is 2.47 bits per heavy atom. The number of hydrogen-bond acceptors (Lipinski definition) is 2. The minimum Gasteiger partial charge on any atom is -0.323 e. The van der Waals surface area contributed by atoms with Crippen molar-refractivity contribution in [3.8, 4) is 5.69 Å². The molecule has 192 valence electrons. The van der Waals surface area contributed by atoms with Crippen molar-refractivity contribution in [2.75, 3.05) is 6.54 Å². The molecule has 1 unspecified atom stereocenters. The van der Waals surface area contributed by atoms with Gasteiger partial charge in [-0.25, -0.2) is 9.07 Å². The quantitative estimate of drug-likeness (QED) is 0.192. The lowest BCUT2D eigenvalue weighted by Gasteiger charge is -2.13. The summed E-state index contributed by atoms with van der Waals surface area (Å²) in [4.78, 5) is 15.9. The van der Waals surface area contributed by atoms with Crippen LogP contribution in [0.1, 0.15) is 59.1 Å².